The van der Waals surface area contributed by atoms with Gasteiger partial charge >= 0.3 is 6.61 Å². The molecule has 10 heteroatoms. The van der Waals surface area contributed by atoms with Crippen LogP contribution in [0.4, 0.5) is 24.9 Å². The number of anilines is 2. The molecular weight excluding hydrogens is 385 g/mol. The average Bonchev–Trinajstić information content (AvgIpc) is 2.96. The number of hydrogen-bond donors (Lipinski definition) is 2. The van der Waals surface area contributed by atoms with Gasteiger partial charge in [-0.25, -0.2) is 14.4 Å². The predicted octanol–water partition coefficient (Wildman–Crippen LogP) is 3.67. The van der Waals surface area contributed by atoms with Gasteiger partial charge in [-0.15, -0.1) is 0 Å². The van der Waals surface area contributed by atoms with Crippen molar-refractivity contribution in [3.05, 3.63) is 54.1 Å². The third-order valence-corrected chi connectivity index (χ3v) is 4.30. The van der Waals surface area contributed by atoms with Gasteiger partial charge in [0.2, 0.25) is 5.95 Å². The van der Waals surface area contributed by atoms with Gasteiger partial charge < -0.3 is 16.2 Å². The smallest absolute Gasteiger partial charge is 0.387 e. The molecule has 1 aromatic carbocycles. The minimum atomic E-state index is -2.93. The van der Waals surface area contributed by atoms with Crippen molar-refractivity contribution in [1.29, 1.82) is 0 Å². The third-order valence-electron chi connectivity index (χ3n) is 4.30. The standard InChI is InChI=1S/C19H15F3N6O/c1-9-16(28-8-11(20)4-7-13(28)25-9)15-14(17(23)27-19(24)26-15)10-2-5-12(6-3-10)29-18(21)22/h2-8,18H,1H3,(H4,23,24,26,27). The molecule has 0 atom stereocenters. The van der Waals surface area contributed by atoms with Crippen molar-refractivity contribution in [3.63, 3.8) is 0 Å². The van der Waals surface area contributed by atoms with Gasteiger partial charge in [0.1, 0.15) is 28.7 Å². The quantitative estimate of drug-likeness (QED) is 0.542. The van der Waals surface area contributed by atoms with E-state index in [1.54, 1.807) is 23.5 Å². The van der Waals surface area contributed by atoms with E-state index in [9.17, 15) is 13.2 Å². The molecule has 0 spiro atoms. The Labute approximate surface area is 162 Å². The van der Waals surface area contributed by atoms with Crippen LogP contribution in [0, 0.1) is 12.7 Å². The Balaban J connectivity index is 1.94. The summed E-state index contributed by atoms with van der Waals surface area (Å²) in [4.78, 5) is 12.7. The second kappa shape index (κ2) is 6.97. The predicted molar refractivity (Wildman–Crippen MR) is 102 cm³/mol. The first-order valence-corrected chi connectivity index (χ1v) is 8.46. The maximum Gasteiger partial charge on any atom is 0.387 e. The average molecular weight is 400 g/mol. The first kappa shape index (κ1) is 18.5. The highest BCUT2D eigenvalue weighted by molar-refractivity contribution is 5.88. The Morgan fingerprint density at radius 2 is 1.72 bits per heavy atom. The number of aromatic nitrogens is 4. The van der Waals surface area contributed by atoms with Gasteiger partial charge in [-0.1, -0.05) is 12.1 Å². The Hall–Kier alpha value is -3.82. The fraction of sp³-hybridized carbons (Fsp3) is 0.105. The number of fused-ring (bicyclic) bond motifs is 1. The molecule has 0 aliphatic carbocycles. The van der Waals surface area contributed by atoms with Crippen LogP contribution in [0.25, 0.3) is 28.2 Å². The molecule has 0 saturated carbocycles. The maximum atomic E-state index is 13.9. The van der Waals surface area contributed by atoms with Gasteiger partial charge in [0, 0.05) is 6.20 Å². The van der Waals surface area contributed by atoms with Crippen LogP contribution in [0.1, 0.15) is 5.69 Å². The van der Waals surface area contributed by atoms with Crippen LogP contribution in [0.2, 0.25) is 0 Å². The number of pyridine rings is 1. The van der Waals surface area contributed by atoms with Crippen LogP contribution >= 0.6 is 0 Å². The number of nitrogens with two attached hydrogens (primary N) is 2. The number of halogens is 3. The number of imidazole rings is 1. The highest BCUT2D eigenvalue weighted by Gasteiger charge is 2.21. The second-order valence-electron chi connectivity index (χ2n) is 6.21. The zero-order valence-electron chi connectivity index (χ0n) is 15.1. The number of hydrogen-bond acceptors (Lipinski definition) is 6. The van der Waals surface area contributed by atoms with Crippen molar-refractivity contribution in [2.45, 2.75) is 13.5 Å². The summed E-state index contributed by atoms with van der Waals surface area (Å²) in [6, 6.07) is 8.69. The van der Waals surface area contributed by atoms with Crippen molar-refractivity contribution in [2.75, 3.05) is 11.5 Å². The monoisotopic (exact) mass is 400 g/mol. The van der Waals surface area contributed by atoms with Gasteiger partial charge in [0.15, 0.2) is 0 Å². The Morgan fingerprint density at radius 1 is 1.00 bits per heavy atom. The zero-order chi connectivity index (χ0) is 20.7. The molecule has 0 aliphatic rings. The van der Waals surface area contributed by atoms with E-state index in [0.717, 1.165) is 0 Å². The number of benzene rings is 1. The molecule has 7 nitrogen and oxygen atoms in total. The van der Waals surface area contributed by atoms with E-state index in [4.69, 9.17) is 11.5 Å². The number of aryl methyl sites for hydroxylation is 1. The van der Waals surface area contributed by atoms with E-state index in [-0.39, 0.29) is 17.5 Å². The van der Waals surface area contributed by atoms with Crippen molar-refractivity contribution >= 4 is 17.4 Å². The van der Waals surface area contributed by atoms with Gasteiger partial charge in [0.05, 0.1) is 17.0 Å². The van der Waals surface area contributed by atoms with E-state index in [1.807, 2.05) is 0 Å². The summed E-state index contributed by atoms with van der Waals surface area (Å²) in [7, 11) is 0. The van der Waals surface area contributed by atoms with E-state index in [1.165, 1.54) is 30.5 Å². The number of alkyl halides is 2. The summed E-state index contributed by atoms with van der Waals surface area (Å²) < 4.78 is 44.6. The minimum absolute atomic E-state index is 0.00621. The van der Waals surface area contributed by atoms with E-state index in [0.29, 0.717) is 33.9 Å². The maximum absolute atomic E-state index is 13.9. The molecule has 3 aromatic heterocycles. The molecule has 0 unspecified atom stereocenters. The first-order valence-electron chi connectivity index (χ1n) is 8.46. The van der Waals surface area contributed by atoms with E-state index in [2.05, 4.69) is 19.7 Å². The molecule has 0 amide bonds. The normalized spacial score (nSPS) is 11.3. The second-order valence-corrected chi connectivity index (χ2v) is 6.21. The lowest BCUT2D eigenvalue weighted by Crippen LogP contribution is -2.06. The molecule has 3 heterocycles. The topological polar surface area (TPSA) is 104 Å². The fourth-order valence-corrected chi connectivity index (χ4v) is 3.18. The third kappa shape index (κ3) is 3.40. The molecule has 0 bridgehead atoms. The number of nitrogen functional groups attached to an aromatic ring is 2. The summed E-state index contributed by atoms with van der Waals surface area (Å²) in [5, 5.41) is 0. The summed E-state index contributed by atoms with van der Waals surface area (Å²) in [5.41, 5.74) is 14.8. The summed E-state index contributed by atoms with van der Waals surface area (Å²) in [6.45, 7) is -1.19. The highest BCUT2D eigenvalue weighted by Crippen LogP contribution is 2.37. The molecule has 0 aliphatic heterocycles. The van der Waals surface area contributed by atoms with Crippen molar-refractivity contribution < 1.29 is 17.9 Å². The summed E-state index contributed by atoms with van der Waals surface area (Å²) >= 11 is 0. The Kier molecular flexibility index (Phi) is 4.45. The molecule has 29 heavy (non-hydrogen) atoms. The lowest BCUT2D eigenvalue weighted by atomic mass is 10.0. The summed E-state index contributed by atoms with van der Waals surface area (Å²) in [5.74, 6) is -0.445. The molecule has 148 valence electrons. The molecule has 4 aromatic rings. The SMILES string of the molecule is Cc1nc2ccc(F)cn2c1-c1nc(N)nc(N)c1-c1ccc(OC(F)F)cc1. The van der Waals surface area contributed by atoms with Crippen LogP contribution in [0.5, 0.6) is 5.75 Å². The number of nitrogens with zero attached hydrogens (tertiary/aromatic N) is 4. The van der Waals surface area contributed by atoms with Crippen LogP contribution in [0.3, 0.4) is 0 Å². The van der Waals surface area contributed by atoms with E-state index < -0.39 is 12.4 Å². The molecule has 0 fully saturated rings. The highest BCUT2D eigenvalue weighted by atomic mass is 19.3. The zero-order valence-corrected chi connectivity index (χ0v) is 15.1. The largest absolute Gasteiger partial charge is 0.435 e. The molecule has 0 saturated heterocycles. The Bertz CT molecular complexity index is 1210. The fourth-order valence-electron chi connectivity index (χ4n) is 3.18. The van der Waals surface area contributed by atoms with Crippen LogP contribution < -0.4 is 16.2 Å². The molecule has 0 radical (unpaired) electrons. The van der Waals surface area contributed by atoms with Crippen molar-refractivity contribution in [3.8, 4) is 28.3 Å². The van der Waals surface area contributed by atoms with Gasteiger partial charge in [-0.2, -0.15) is 13.8 Å². The lowest BCUT2D eigenvalue weighted by Gasteiger charge is -2.13. The minimum Gasteiger partial charge on any atom is -0.435 e. The van der Waals surface area contributed by atoms with Crippen LogP contribution in [-0.2, 0) is 0 Å². The van der Waals surface area contributed by atoms with Crippen LogP contribution in [-0.4, -0.2) is 26.0 Å². The molecule has 4 rings (SSSR count). The van der Waals surface area contributed by atoms with Crippen molar-refractivity contribution in [2.24, 2.45) is 0 Å². The van der Waals surface area contributed by atoms with Gasteiger partial charge in [-0.05, 0) is 36.8 Å². The number of ether oxygens (including phenoxy) is 1. The van der Waals surface area contributed by atoms with Gasteiger partial charge in [0.25, 0.3) is 0 Å². The van der Waals surface area contributed by atoms with Crippen molar-refractivity contribution in [1.82, 2.24) is 19.4 Å². The number of rotatable bonds is 4. The van der Waals surface area contributed by atoms with E-state index >= 15 is 0 Å². The summed E-state index contributed by atoms with van der Waals surface area (Å²) in [6.07, 6.45) is 1.28. The lowest BCUT2D eigenvalue weighted by molar-refractivity contribution is -0.0498. The first-order chi connectivity index (χ1) is 13.8. The Morgan fingerprint density at radius 3 is 2.41 bits per heavy atom. The van der Waals surface area contributed by atoms with Gasteiger partial charge in [-0.3, -0.25) is 4.40 Å². The molecular formula is C19H15F3N6O. The molecule has 4 N–H and O–H groups in total. The van der Waals surface area contributed by atoms with Crippen LogP contribution in [0.15, 0.2) is 42.6 Å².